The van der Waals surface area contributed by atoms with Crippen molar-refractivity contribution in [2.75, 3.05) is 18.1 Å². The zero-order chi connectivity index (χ0) is 16.7. The minimum absolute atomic E-state index is 0.275. The summed E-state index contributed by atoms with van der Waals surface area (Å²) < 4.78 is 11.5. The molecule has 0 bridgehead atoms. The van der Waals surface area contributed by atoms with Gasteiger partial charge in [-0.05, 0) is 53.9 Å². The number of furan rings is 1. The van der Waals surface area contributed by atoms with Gasteiger partial charge in [0.25, 0.3) is 0 Å². The Balaban J connectivity index is 1.52. The summed E-state index contributed by atoms with van der Waals surface area (Å²) in [6, 6.07) is 12.5. The molecule has 1 atom stereocenters. The molecule has 130 valence electrons. The van der Waals surface area contributed by atoms with Gasteiger partial charge in [0.05, 0.1) is 23.2 Å². The molecule has 1 aliphatic rings. The number of thioether (sulfide) groups is 2. The number of benzene rings is 1. The highest BCUT2D eigenvalue weighted by Crippen LogP contribution is 2.48. The van der Waals surface area contributed by atoms with Crippen molar-refractivity contribution in [1.82, 2.24) is 0 Å². The van der Waals surface area contributed by atoms with Crippen LogP contribution < -0.4 is 0 Å². The van der Waals surface area contributed by atoms with Crippen LogP contribution in [0.4, 0.5) is 0 Å². The van der Waals surface area contributed by atoms with Gasteiger partial charge in [0.15, 0.2) is 0 Å². The predicted molar refractivity (Wildman–Crippen MR) is 105 cm³/mol. The molecule has 2 heterocycles. The summed E-state index contributed by atoms with van der Waals surface area (Å²) in [7, 11) is 0. The van der Waals surface area contributed by atoms with Crippen LogP contribution in [-0.2, 0) is 17.8 Å². The maximum Gasteiger partial charge on any atom is 0.0935 e. The molecule has 0 saturated carbocycles. The number of hydrogen-bond acceptors (Lipinski definition) is 4. The fraction of sp³-hybridized carbons (Fsp3) is 0.500. The summed E-state index contributed by atoms with van der Waals surface area (Å²) in [6.45, 7) is 3.85. The van der Waals surface area contributed by atoms with Gasteiger partial charge in [0.1, 0.15) is 0 Å². The van der Waals surface area contributed by atoms with Crippen molar-refractivity contribution < 1.29 is 9.15 Å². The molecule has 1 aromatic heterocycles. The highest BCUT2D eigenvalue weighted by atomic mass is 32.2. The van der Waals surface area contributed by atoms with Crippen LogP contribution in [0.2, 0.25) is 0 Å². The number of ether oxygens (including phenoxy) is 1. The first-order valence-electron chi connectivity index (χ1n) is 8.66. The van der Waals surface area contributed by atoms with E-state index in [0.29, 0.717) is 12.5 Å². The van der Waals surface area contributed by atoms with Crippen molar-refractivity contribution in [2.45, 2.75) is 36.9 Å². The quantitative estimate of drug-likeness (QED) is 0.607. The monoisotopic (exact) mass is 362 g/mol. The first kappa shape index (κ1) is 18.0. The third kappa shape index (κ3) is 5.33. The fourth-order valence-corrected chi connectivity index (χ4v) is 6.83. The van der Waals surface area contributed by atoms with Crippen LogP contribution >= 0.6 is 23.5 Å². The van der Waals surface area contributed by atoms with Crippen LogP contribution in [0.25, 0.3) is 0 Å². The maximum absolute atomic E-state index is 5.97. The molecular weight excluding hydrogens is 336 g/mol. The van der Waals surface area contributed by atoms with Gasteiger partial charge in [-0.15, -0.1) is 23.5 Å². The van der Waals surface area contributed by atoms with E-state index >= 15 is 0 Å². The van der Waals surface area contributed by atoms with E-state index in [0.717, 1.165) is 13.0 Å². The number of hydrogen-bond donors (Lipinski definition) is 0. The molecule has 0 unspecified atom stereocenters. The lowest BCUT2D eigenvalue weighted by atomic mass is 10.0. The summed E-state index contributed by atoms with van der Waals surface area (Å²) in [5, 5.41) is 0. The Labute approximate surface area is 153 Å². The van der Waals surface area contributed by atoms with Crippen LogP contribution in [0.1, 0.15) is 30.9 Å². The minimum atomic E-state index is 0.275. The van der Waals surface area contributed by atoms with Crippen molar-refractivity contribution in [2.24, 2.45) is 5.92 Å². The van der Waals surface area contributed by atoms with Crippen LogP contribution in [-0.4, -0.2) is 22.2 Å². The van der Waals surface area contributed by atoms with Gasteiger partial charge in [0.2, 0.25) is 0 Å². The van der Waals surface area contributed by atoms with E-state index in [-0.39, 0.29) is 4.08 Å². The molecule has 0 N–H and O–H groups in total. The molecule has 2 nitrogen and oxygen atoms in total. The second-order valence-corrected chi connectivity index (χ2v) is 9.79. The zero-order valence-corrected chi connectivity index (χ0v) is 15.9. The summed E-state index contributed by atoms with van der Waals surface area (Å²) in [4.78, 5) is 0. The molecule has 1 aliphatic heterocycles. The normalized spacial score (nSPS) is 18.4. The number of rotatable bonds is 8. The molecule has 1 fully saturated rings. The summed E-state index contributed by atoms with van der Waals surface area (Å²) in [5.41, 5.74) is 2.56. The molecule has 24 heavy (non-hydrogen) atoms. The Hall–Kier alpha value is -0.840. The average molecular weight is 363 g/mol. The van der Waals surface area contributed by atoms with Crippen molar-refractivity contribution in [3.8, 4) is 0 Å². The smallest absolute Gasteiger partial charge is 0.0935 e. The molecule has 1 aromatic carbocycles. The van der Waals surface area contributed by atoms with E-state index in [1.807, 2.05) is 12.3 Å². The zero-order valence-electron chi connectivity index (χ0n) is 14.3. The van der Waals surface area contributed by atoms with E-state index in [4.69, 9.17) is 9.15 Å². The van der Waals surface area contributed by atoms with E-state index in [1.54, 1.807) is 6.26 Å². The van der Waals surface area contributed by atoms with Gasteiger partial charge in [-0.25, -0.2) is 0 Å². The first-order valence-corrected chi connectivity index (χ1v) is 10.6. The van der Waals surface area contributed by atoms with E-state index in [1.165, 1.54) is 35.5 Å². The Morgan fingerprint density at radius 1 is 1.12 bits per heavy atom. The molecule has 0 radical (unpaired) electrons. The molecule has 4 heteroatoms. The van der Waals surface area contributed by atoms with Crippen molar-refractivity contribution in [3.63, 3.8) is 0 Å². The van der Waals surface area contributed by atoms with E-state index < -0.39 is 0 Å². The SMILES string of the molecule is C[C@@H](COCc1ccccc1)CC1(Cc2ccoc2)SCCCS1. The lowest BCUT2D eigenvalue weighted by Crippen LogP contribution is -2.31. The second-order valence-electron chi connectivity index (χ2n) is 6.58. The highest BCUT2D eigenvalue weighted by molar-refractivity contribution is 8.18. The van der Waals surface area contributed by atoms with Crippen molar-refractivity contribution in [1.29, 1.82) is 0 Å². The van der Waals surface area contributed by atoms with Crippen LogP contribution in [0.3, 0.4) is 0 Å². The van der Waals surface area contributed by atoms with Crippen molar-refractivity contribution in [3.05, 3.63) is 60.1 Å². The van der Waals surface area contributed by atoms with Gasteiger partial charge < -0.3 is 9.15 Å². The molecule has 0 spiro atoms. The standard InChI is InChI=1S/C20H26O2S2/c1-17(14-22-15-18-6-3-2-4-7-18)12-20(23-10-5-11-24-20)13-19-8-9-21-16-19/h2-4,6-9,16-17H,5,10-15H2,1H3/t17-/m1/s1. The van der Waals surface area contributed by atoms with E-state index in [2.05, 4.69) is 60.8 Å². The third-order valence-electron chi connectivity index (χ3n) is 4.25. The lowest BCUT2D eigenvalue weighted by molar-refractivity contribution is 0.0886. The third-order valence-corrected chi connectivity index (χ3v) is 7.61. The highest BCUT2D eigenvalue weighted by Gasteiger charge is 2.35. The topological polar surface area (TPSA) is 22.4 Å². The molecule has 2 aromatic rings. The molecule has 3 rings (SSSR count). The fourth-order valence-electron chi connectivity index (χ4n) is 3.16. The molecule has 1 saturated heterocycles. The lowest BCUT2D eigenvalue weighted by Gasteiger charge is -2.38. The van der Waals surface area contributed by atoms with Gasteiger partial charge >= 0.3 is 0 Å². The minimum Gasteiger partial charge on any atom is -0.472 e. The van der Waals surface area contributed by atoms with Crippen LogP contribution in [0.15, 0.2) is 53.3 Å². The summed E-state index contributed by atoms with van der Waals surface area (Å²) in [6.07, 6.45) is 7.27. The van der Waals surface area contributed by atoms with Gasteiger partial charge in [-0.1, -0.05) is 37.3 Å². The first-order chi connectivity index (χ1) is 11.8. The van der Waals surface area contributed by atoms with E-state index in [9.17, 15) is 0 Å². The molecule has 0 amide bonds. The predicted octanol–water partition coefficient (Wildman–Crippen LogP) is 5.63. The van der Waals surface area contributed by atoms with Gasteiger partial charge in [-0.3, -0.25) is 0 Å². The van der Waals surface area contributed by atoms with Crippen LogP contribution in [0.5, 0.6) is 0 Å². The van der Waals surface area contributed by atoms with Gasteiger partial charge in [0, 0.05) is 6.61 Å². The second kappa shape index (κ2) is 9.02. The maximum atomic E-state index is 5.97. The Morgan fingerprint density at radius 3 is 2.62 bits per heavy atom. The Bertz CT molecular complexity index is 577. The van der Waals surface area contributed by atoms with Gasteiger partial charge in [-0.2, -0.15) is 0 Å². The summed E-state index contributed by atoms with van der Waals surface area (Å²) in [5.74, 6) is 3.09. The summed E-state index contributed by atoms with van der Waals surface area (Å²) >= 11 is 4.27. The van der Waals surface area contributed by atoms with Crippen LogP contribution in [0, 0.1) is 5.92 Å². The Kier molecular flexibility index (Phi) is 6.75. The molecule has 0 aliphatic carbocycles. The van der Waals surface area contributed by atoms with Crippen molar-refractivity contribution >= 4 is 23.5 Å². The molecular formula is C20H26O2S2. The average Bonchev–Trinajstić information content (AvgIpc) is 3.09. The largest absolute Gasteiger partial charge is 0.472 e. The Morgan fingerprint density at radius 2 is 1.92 bits per heavy atom.